The van der Waals surface area contributed by atoms with Gasteiger partial charge in [0.25, 0.3) is 5.91 Å². The van der Waals surface area contributed by atoms with Crippen LogP contribution in [0.25, 0.3) is 11.3 Å². The van der Waals surface area contributed by atoms with Gasteiger partial charge in [-0.1, -0.05) is 57.0 Å². The maximum absolute atomic E-state index is 12.4. The van der Waals surface area contributed by atoms with Crippen molar-refractivity contribution < 1.29 is 9.21 Å². The minimum atomic E-state index is -0.104. The lowest BCUT2D eigenvalue weighted by Crippen LogP contribution is -2.43. The Morgan fingerprint density at radius 2 is 1.86 bits per heavy atom. The lowest BCUT2D eigenvalue weighted by atomic mass is 9.78. The second-order valence-corrected chi connectivity index (χ2v) is 6.38. The summed E-state index contributed by atoms with van der Waals surface area (Å²) < 4.78 is 5.72. The molecule has 0 radical (unpaired) electrons. The van der Waals surface area contributed by atoms with E-state index in [0.717, 1.165) is 17.7 Å². The Morgan fingerprint density at radius 3 is 2.64 bits per heavy atom. The van der Waals surface area contributed by atoms with E-state index in [-0.39, 0.29) is 11.9 Å². The van der Waals surface area contributed by atoms with Crippen molar-refractivity contribution in [2.24, 2.45) is 11.8 Å². The molecule has 2 aromatic rings. The number of nitrogens with one attached hydrogen (secondary N) is 1. The molecule has 3 atom stereocenters. The van der Waals surface area contributed by atoms with Crippen LogP contribution in [0.4, 0.5) is 0 Å². The van der Waals surface area contributed by atoms with E-state index in [1.165, 1.54) is 12.8 Å². The third kappa shape index (κ3) is 3.08. The molecule has 3 unspecified atom stereocenters. The molecule has 1 aliphatic carbocycles. The quantitative estimate of drug-likeness (QED) is 0.906. The molecule has 1 amide bonds. The van der Waals surface area contributed by atoms with E-state index >= 15 is 0 Å². The van der Waals surface area contributed by atoms with Crippen molar-refractivity contribution in [1.82, 2.24) is 5.32 Å². The van der Waals surface area contributed by atoms with E-state index in [0.29, 0.717) is 17.6 Å². The number of benzene rings is 1. The van der Waals surface area contributed by atoms with Gasteiger partial charge in [0.2, 0.25) is 0 Å². The average Bonchev–Trinajstić information content (AvgIpc) is 3.03. The molecule has 1 aromatic carbocycles. The first kappa shape index (κ1) is 14.9. The molecule has 22 heavy (non-hydrogen) atoms. The Kier molecular flexibility index (Phi) is 4.32. The van der Waals surface area contributed by atoms with Gasteiger partial charge in [0.05, 0.1) is 0 Å². The molecule has 1 saturated carbocycles. The Hall–Kier alpha value is -2.03. The summed E-state index contributed by atoms with van der Waals surface area (Å²) >= 11 is 0. The fraction of sp³-hybridized carbons (Fsp3) is 0.421. The molecule has 116 valence electrons. The SMILES string of the molecule is CC1CCCC(NC(=O)c2ccc(-c3ccccc3)o2)C1C. The Bertz CT molecular complexity index is 632. The zero-order chi connectivity index (χ0) is 15.5. The van der Waals surface area contributed by atoms with Crippen LogP contribution >= 0.6 is 0 Å². The van der Waals surface area contributed by atoms with Crippen molar-refractivity contribution in [1.29, 1.82) is 0 Å². The van der Waals surface area contributed by atoms with Crippen LogP contribution < -0.4 is 5.32 Å². The van der Waals surface area contributed by atoms with Crippen molar-refractivity contribution in [3.8, 4) is 11.3 Å². The van der Waals surface area contributed by atoms with E-state index < -0.39 is 0 Å². The molecular formula is C19H23NO2. The summed E-state index contributed by atoms with van der Waals surface area (Å²) in [5.74, 6) is 2.20. The van der Waals surface area contributed by atoms with Gasteiger partial charge in [-0.05, 0) is 30.4 Å². The van der Waals surface area contributed by atoms with Crippen LogP contribution in [-0.4, -0.2) is 11.9 Å². The van der Waals surface area contributed by atoms with E-state index in [9.17, 15) is 4.79 Å². The van der Waals surface area contributed by atoms with E-state index in [2.05, 4.69) is 19.2 Å². The number of carbonyl (C=O) groups is 1. The molecule has 1 fully saturated rings. The molecule has 1 aliphatic rings. The van der Waals surface area contributed by atoms with Crippen LogP contribution in [0.15, 0.2) is 46.9 Å². The minimum absolute atomic E-state index is 0.104. The summed E-state index contributed by atoms with van der Waals surface area (Å²) in [5.41, 5.74) is 0.987. The van der Waals surface area contributed by atoms with Gasteiger partial charge in [0, 0.05) is 11.6 Å². The maximum atomic E-state index is 12.4. The predicted molar refractivity (Wildman–Crippen MR) is 87.6 cm³/mol. The first-order valence-corrected chi connectivity index (χ1v) is 8.11. The average molecular weight is 297 g/mol. The lowest BCUT2D eigenvalue weighted by molar-refractivity contribution is 0.0864. The summed E-state index contributed by atoms with van der Waals surface area (Å²) in [6.45, 7) is 4.50. The van der Waals surface area contributed by atoms with Gasteiger partial charge in [0.15, 0.2) is 5.76 Å². The molecule has 0 aliphatic heterocycles. The third-order valence-electron chi connectivity index (χ3n) is 4.91. The molecule has 0 spiro atoms. The number of hydrogen-bond acceptors (Lipinski definition) is 2. The maximum Gasteiger partial charge on any atom is 0.287 e. The monoisotopic (exact) mass is 297 g/mol. The highest BCUT2D eigenvalue weighted by molar-refractivity contribution is 5.92. The number of hydrogen-bond donors (Lipinski definition) is 1. The second kappa shape index (κ2) is 6.39. The fourth-order valence-corrected chi connectivity index (χ4v) is 3.24. The Morgan fingerprint density at radius 1 is 1.09 bits per heavy atom. The molecule has 0 bridgehead atoms. The summed E-state index contributed by atoms with van der Waals surface area (Å²) in [6.07, 6.45) is 3.50. The van der Waals surface area contributed by atoms with Crippen molar-refractivity contribution in [2.45, 2.75) is 39.2 Å². The summed E-state index contributed by atoms with van der Waals surface area (Å²) in [7, 11) is 0. The molecule has 3 nitrogen and oxygen atoms in total. The molecule has 1 aromatic heterocycles. The van der Waals surface area contributed by atoms with Crippen molar-refractivity contribution in [2.75, 3.05) is 0 Å². The van der Waals surface area contributed by atoms with Gasteiger partial charge in [-0.15, -0.1) is 0 Å². The van der Waals surface area contributed by atoms with Gasteiger partial charge in [-0.3, -0.25) is 4.79 Å². The Balaban J connectivity index is 1.69. The van der Waals surface area contributed by atoms with Gasteiger partial charge >= 0.3 is 0 Å². The first-order chi connectivity index (χ1) is 10.6. The zero-order valence-corrected chi connectivity index (χ0v) is 13.2. The summed E-state index contributed by atoms with van der Waals surface area (Å²) in [4.78, 5) is 12.4. The lowest BCUT2D eigenvalue weighted by Gasteiger charge is -2.34. The van der Waals surface area contributed by atoms with E-state index in [1.54, 1.807) is 6.07 Å². The third-order valence-corrected chi connectivity index (χ3v) is 4.91. The van der Waals surface area contributed by atoms with Crippen molar-refractivity contribution >= 4 is 5.91 Å². The van der Waals surface area contributed by atoms with E-state index in [1.807, 2.05) is 36.4 Å². The summed E-state index contributed by atoms with van der Waals surface area (Å²) in [5, 5.41) is 3.15. The number of amides is 1. The fourth-order valence-electron chi connectivity index (χ4n) is 3.24. The molecule has 1 heterocycles. The normalized spacial score (nSPS) is 24.9. The molecule has 3 heteroatoms. The van der Waals surface area contributed by atoms with Crippen LogP contribution in [-0.2, 0) is 0 Å². The van der Waals surface area contributed by atoms with Gasteiger partial charge in [-0.2, -0.15) is 0 Å². The van der Waals surface area contributed by atoms with Gasteiger partial charge in [0.1, 0.15) is 5.76 Å². The Labute approximate surface area is 131 Å². The number of rotatable bonds is 3. The van der Waals surface area contributed by atoms with Crippen LogP contribution in [0.1, 0.15) is 43.7 Å². The topological polar surface area (TPSA) is 42.2 Å². The molecular weight excluding hydrogens is 274 g/mol. The van der Waals surface area contributed by atoms with Crippen LogP contribution in [0.3, 0.4) is 0 Å². The highest BCUT2D eigenvalue weighted by atomic mass is 16.3. The van der Waals surface area contributed by atoms with Gasteiger partial charge < -0.3 is 9.73 Å². The van der Waals surface area contributed by atoms with Crippen LogP contribution in [0.2, 0.25) is 0 Å². The van der Waals surface area contributed by atoms with Crippen LogP contribution in [0.5, 0.6) is 0 Å². The predicted octanol–water partition coefficient (Wildman–Crippen LogP) is 4.50. The van der Waals surface area contributed by atoms with E-state index in [4.69, 9.17) is 4.42 Å². The molecule has 3 rings (SSSR count). The first-order valence-electron chi connectivity index (χ1n) is 8.11. The highest BCUT2D eigenvalue weighted by Gasteiger charge is 2.29. The zero-order valence-electron chi connectivity index (χ0n) is 13.2. The van der Waals surface area contributed by atoms with Crippen LogP contribution in [0, 0.1) is 11.8 Å². The highest BCUT2D eigenvalue weighted by Crippen LogP contribution is 2.30. The molecule has 0 saturated heterocycles. The molecule has 1 N–H and O–H groups in total. The van der Waals surface area contributed by atoms with Crippen molar-refractivity contribution in [3.05, 3.63) is 48.2 Å². The smallest absolute Gasteiger partial charge is 0.287 e. The van der Waals surface area contributed by atoms with Crippen molar-refractivity contribution in [3.63, 3.8) is 0 Å². The minimum Gasteiger partial charge on any atom is -0.451 e. The summed E-state index contributed by atoms with van der Waals surface area (Å²) in [6, 6.07) is 13.7. The second-order valence-electron chi connectivity index (χ2n) is 6.38. The van der Waals surface area contributed by atoms with Gasteiger partial charge in [-0.25, -0.2) is 0 Å². The standard InChI is InChI=1S/C19H23NO2/c1-13-7-6-10-16(14(13)2)20-19(21)18-12-11-17(22-18)15-8-4-3-5-9-15/h3-5,8-9,11-14,16H,6-7,10H2,1-2H3,(H,20,21). The number of carbonyl (C=O) groups excluding carboxylic acids is 1. The largest absolute Gasteiger partial charge is 0.451 e. The number of furan rings is 1.